The Labute approximate surface area is 260 Å². The lowest BCUT2D eigenvalue weighted by atomic mass is 10.0. The first-order chi connectivity index (χ1) is 21.4. The predicted molar refractivity (Wildman–Crippen MR) is 172 cm³/mol. The minimum atomic E-state index is -4.50. The van der Waals surface area contributed by atoms with Crippen LogP contribution >= 0.6 is 11.3 Å². The average molecular weight is 622 g/mol. The summed E-state index contributed by atoms with van der Waals surface area (Å²) in [6.07, 6.45) is 6.16. The summed E-state index contributed by atoms with van der Waals surface area (Å²) in [6.45, 7) is 5.72. The molecule has 0 atom stereocenters. The fourth-order valence-corrected chi connectivity index (χ4v) is 6.22. The summed E-state index contributed by atoms with van der Waals surface area (Å²) >= 11 is 1.66. The van der Waals surface area contributed by atoms with Crippen molar-refractivity contribution in [3.8, 4) is 43.8 Å². The predicted octanol–water partition coefficient (Wildman–Crippen LogP) is 11.0. The van der Waals surface area contributed by atoms with Crippen molar-refractivity contribution in [3.63, 3.8) is 0 Å². The van der Waals surface area contributed by atoms with Gasteiger partial charge in [0, 0.05) is 21.3 Å². The number of ether oxygens (including phenoxy) is 2. The van der Waals surface area contributed by atoms with Crippen molar-refractivity contribution in [2.45, 2.75) is 71.4 Å². The van der Waals surface area contributed by atoms with Crippen molar-refractivity contribution in [1.29, 1.82) is 0 Å². The quantitative estimate of drug-likeness (QED) is 0.118. The Kier molecular flexibility index (Phi) is 10.6. The zero-order valence-electron chi connectivity index (χ0n) is 25.2. The highest BCUT2D eigenvalue weighted by Gasteiger charge is 2.33. The molecule has 5 rings (SSSR count). The van der Waals surface area contributed by atoms with Crippen LogP contribution in [-0.2, 0) is 6.18 Å². The van der Waals surface area contributed by atoms with E-state index >= 15 is 0 Å². The number of aromatic amines is 1. The second-order valence-electron chi connectivity index (χ2n) is 10.9. The maximum atomic E-state index is 13.2. The maximum Gasteiger partial charge on any atom is 0.432 e. The van der Waals surface area contributed by atoms with Crippen LogP contribution in [0.2, 0.25) is 0 Å². The molecule has 3 heterocycles. The summed E-state index contributed by atoms with van der Waals surface area (Å²) in [7, 11) is 0. The lowest BCUT2D eigenvalue weighted by molar-refractivity contribution is -0.141. The summed E-state index contributed by atoms with van der Waals surface area (Å²) < 4.78 is 52.1. The second-order valence-corrected chi connectivity index (χ2v) is 12.0. The molecule has 5 nitrogen and oxygen atoms in total. The smallest absolute Gasteiger partial charge is 0.432 e. The first-order valence-corrected chi connectivity index (χ1v) is 16.2. The Bertz CT molecular complexity index is 1630. The van der Waals surface area contributed by atoms with Gasteiger partial charge in [-0.2, -0.15) is 18.3 Å². The molecule has 2 aromatic carbocycles. The Morgan fingerprint density at radius 2 is 1.45 bits per heavy atom. The molecule has 0 bridgehead atoms. The first kappa shape index (κ1) is 31.6. The maximum absolute atomic E-state index is 13.2. The molecule has 0 aliphatic carbocycles. The summed E-state index contributed by atoms with van der Waals surface area (Å²) in [5.74, 6) is 1.65. The molecule has 0 aliphatic rings. The molecule has 0 saturated carbocycles. The Hall–Kier alpha value is -3.85. The van der Waals surface area contributed by atoms with Crippen LogP contribution in [0.1, 0.15) is 70.9 Å². The standard InChI is InChI=1S/C35H38F3N3O2S/c1-3-5-7-9-20-42-28-12-11-13-29(43-21-10-8-6-4-2)33(28)31-17-16-30(44-31)25-14-15-26-24(22-25)18-19-39-34(26)27-23-32(41-40-27)35(36,37)38/h11-19,22-23H,3-10,20-21H2,1-2H3,(H,40,41). The van der Waals surface area contributed by atoms with E-state index in [9.17, 15) is 13.2 Å². The number of nitrogens with one attached hydrogen (secondary N) is 1. The van der Waals surface area contributed by atoms with Crippen molar-refractivity contribution in [1.82, 2.24) is 15.2 Å². The van der Waals surface area contributed by atoms with Crippen molar-refractivity contribution >= 4 is 22.1 Å². The topological polar surface area (TPSA) is 60.0 Å². The minimum absolute atomic E-state index is 0.155. The number of aromatic nitrogens is 3. The Morgan fingerprint density at radius 3 is 2.09 bits per heavy atom. The molecule has 0 amide bonds. The molecule has 0 spiro atoms. The number of hydrogen-bond donors (Lipinski definition) is 1. The van der Waals surface area contributed by atoms with Crippen LogP contribution in [0.15, 0.2) is 66.9 Å². The number of H-pyrrole nitrogens is 1. The van der Waals surface area contributed by atoms with Crippen LogP contribution < -0.4 is 9.47 Å². The lowest BCUT2D eigenvalue weighted by Gasteiger charge is -2.16. The van der Waals surface area contributed by atoms with Gasteiger partial charge in [0.1, 0.15) is 22.9 Å². The molecule has 0 aliphatic heterocycles. The normalized spacial score (nSPS) is 11.8. The molecule has 3 aromatic heterocycles. The van der Waals surface area contributed by atoms with Gasteiger partial charge < -0.3 is 9.47 Å². The van der Waals surface area contributed by atoms with Gasteiger partial charge >= 0.3 is 6.18 Å². The number of benzene rings is 2. The van der Waals surface area contributed by atoms with Crippen LogP contribution in [0, 0.1) is 0 Å². The van der Waals surface area contributed by atoms with Gasteiger partial charge in [-0.3, -0.25) is 10.1 Å². The number of fused-ring (bicyclic) bond motifs is 1. The zero-order valence-corrected chi connectivity index (χ0v) is 26.0. The molecular weight excluding hydrogens is 583 g/mol. The number of thiophene rings is 1. The molecule has 1 N–H and O–H groups in total. The minimum Gasteiger partial charge on any atom is -0.493 e. The summed E-state index contributed by atoms with van der Waals surface area (Å²) in [5.41, 5.74) is 1.63. The highest BCUT2D eigenvalue weighted by atomic mass is 32.1. The Morgan fingerprint density at radius 1 is 0.773 bits per heavy atom. The monoisotopic (exact) mass is 621 g/mol. The number of hydrogen-bond acceptors (Lipinski definition) is 5. The van der Waals surface area contributed by atoms with Crippen molar-refractivity contribution in [2.24, 2.45) is 0 Å². The van der Waals surface area contributed by atoms with Crippen LogP contribution in [0.4, 0.5) is 13.2 Å². The van der Waals surface area contributed by atoms with Crippen molar-refractivity contribution in [3.05, 3.63) is 72.6 Å². The van der Waals surface area contributed by atoms with E-state index in [0.29, 0.717) is 18.9 Å². The fraction of sp³-hybridized carbons (Fsp3) is 0.371. The van der Waals surface area contributed by atoms with E-state index in [1.165, 1.54) is 25.7 Å². The van der Waals surface area contributed by atoms with E-state index < -0.39 is 11.9 Å². The molecule has 44 heavy (non-hydrogen) atoms. The number of halogens is 3. The molecule has 232 valence electrons. The number of rotatable bonds is 15. The fourth-order valence-electron chi connectivity index (χ4n) is 5.17. The van der Waals surface area contributed by atoms with Crippen LogP contribution in [0.25, 0.3) is 43.0 Å². The van der Waals surface area contributed by atoms with Crippen molar-refractivity contribution < 1.29 is 22.6 Å². The van der Waals surface area contributed by atoms with Crippen LogP contribution in [0.5, 0.6) is 11.5 Å². The average Bonchev–Trinajstić information content (AvgIpc) is 3.71. The zero-order chi connectivity index (χ0) is 30.9. The molecule has 0 radical (unpaired) electrons. The van der Waals surface area contributed by atoms with E-state index in [0.717, 1.165) is 74.9 Å². The van der Waals surface area contributed by atoms with Gasteiger partial charge in [0.05, 0.1) is 24.5 Å². The number of unbranched alkanes of at least 4 members (excludes halogenated alkanes) is 6. The van der Waals surface area contributed by atoms with Gasteiger partial charge in [0.2, 0.25) is 0 Å². The molecule has 0 saturated heterocycles. The van der Waals surface area contributed by atoms with Crippen LogP contribution in [0.3, 0.4) is 0 Å². The van der Waals surface area contributed by atoms with Crippen LogP contribution in [-0.4, -0.2) is 28.4 Å². The second kappa shape index (κ2) is 14.8. The first-order valence-electron chi connectivity index (χ1n) is 15.4. The molecular formula is C35H38F3N3O2S. The van der Waals surface area contributed by atoms with Gasteiger partial charge in [-0.1, -0.05) is 70.6 Å². The highest BCUT2D eigenvalue weighted by molar-refractivity contribution is 7.18. The highest BCUT2D eigenvalue weighted by Crippen LogP contribution is 2.44. The van der Waals surface area contributed by atoms with E-state index in [1.807, 2.05) is 42.5 Å². The lowest BCUT2D eigenvalue weighted by Crippen LogP contribution is -2.04. The third-order valence-electron chi connectivity index (χ3n) is 7.53. The summed E-state index contributed by atoms with van der Waals surface area (Å²) in [5, 5.41) is 7.56. The van der Waals surface area contributed by atoms with E-state index in [-0.39, 0.29) is 5.69 Å². The van der Waals surface area contributed by atoms with Gasteiger partial charge in [-0.05, 0) is 66.3 Å². The molecule has 0 unspecified atom stereocenters. The molecule has 9 heteroatoms. The number of nitrogens with zero attached hydrogens (tertiary/aromatic N) is 2. The Balaban J connectivity index is 1.43. The van der Waals surface area contributed by atoms with Crippen molar-refractivity contribution in [2.75, 3.05) is 13.2 Å². The van der Waals surface area contributed by atoms with Gasteiger partial charge in [0.15, 0.2) is 0 Å². The number of pyridine rings is 1. The third-order valence-corrected chi connectivity index (χ3v) is 8.68. The molecule has 0 fully saturated rings. The largest absolute Gasteiger partial charge is 0.493 e. The van der Waals surface area contributed by atoms with E-state index in [1.54, 1.807) is 17.5 Å². The summed E-state index contributed by atoms with van der Waals surface area (Å²) in [6, 6.07) is 19.0. The van der Waals surface area contributed by atoms with E-state index in [4.69, 9.17) is 9.47 Å². The van der Waals surface area contributed by atoms with Gasteiger partial charge in [0.25, 0.3) is 0 Å². The van der Waals surface area contributed by atoms with Gasteiger partial charge in [-0.25, -0.2) is 0 Å². The van der Waals surface area contributed by atoms with Gasteiger partial charge in [-0.15, -0.1) is 11.3 Å². The third kappa shape index (κ3) is 7.62. The molecule has 5 aromatic rings. The number of alkyl halides is 3. The summed E-state index contributed by atoms with van der Waals surface area (Å²) in [4.78, 5) is 6.46. The SMILES string of the molecule is CCCCCCOc1cccc(OCCCCCC)c1-c1ccc(-c2ccc3c(-c4cc(C(F)(F)F)[nH]n4)nccc3c2)s1. The van der Waals surface area contributed by atoms with E-state index in [2.05, 4.69) is 41.2 Å².